The molecule has 0 atom stereocenters. The van der Waals surface area contributed by atoms with Crippen molar-refractivity contribution in [3.05, 3.63) is 70.2 Å². The van der Waals surface area contributed by atoms with E-state index in [1.807, 2.05) is 19.1 Å². The maximum absolute atomic E-state index is 12.7. The second kappa shape index (κ2) is 7.12. The minimum atomic E-state index is -3.77. The zero-order valence-electron chi connectivity index (χ0n) is 14.0. The first-order valence-corrected chi connectivity index (χ1v) is 10.2. The topological polar surface area (TPSA) is 90.0 Å². The van der Waals surface area contributed by atoms with E-state index in [2.05, 4.69) is 38.9 Å². The van der Waals surface area contributed by atoms with Crippen LogP contribution in [0, 0.1) is 10.5 Å². The number of nitrogens with one attached hydrogen (secondary N) is 1. The van der Waals surface area contributed by atoms with Crippen molar-refractivity contribution >= 4 is 55.5 Å². The molecule has 0 unspecified atom stereocenters. The zero-order valence-corrected chi connectivity index (χ0v) is 17.0. The number of nitrogens with zero attached hydrogens (tertiary/aromatic N) is 2. The van der Waals surface area contributed by atoms with Crippen LogP contribution in [0.25, 0.3) is 22.9 Å². The number of nitrogens with two attached hydrogens (primary N) is 1. The minimum Gasteiger partial charge on any atom is -0.405 e. The Morgan fingerprint density at radius 2 is 2.00 bits per heavy atom. The monoisotopic (exact) mass is 480 g/mol. The summed E-state index contributed by atoms with van der Waals surface area (Å²) >= 11 is 2.18. The molecule has 2 aromatic heterocycles. The van der Waals surface area contributed by atoms with E-state index in [-0.39, 0.29) is 10.7 Å². The highest BCUT2D eigenvalue weighted by Crippen LogP contribution is 2.29. The first-order chi connectivity index (χ1) is 12.3. The van der Waals surface area contributed by atoms with E-state index < -0.39 is 10.0 Å². The summed E-state index contributed by atoms with van der Waals surface area (Å²) in [7, 11) is -3.77. The average molecular weight is 480 g/mol. The number of benzene rings is 1. The van der Waals surface area contributed by atoms with Crippen LogP contribution in [0.1, 0.15) is 11.3 Å². The van der Waals surface area contributed by atoms with Crippen molar-refractivity contribution in [2.75, 3.05) is 0 Å². The molecule has 0 saturated carbocycles. The Labute approximate surface area is 165 Å². The lowest BCUT2D eigenvalue weighted by atomic mass is 10.2. The third kappa shape index (κ3) is 3.34. The minimum absolute atomic E-state index is 0.166. The predicted molar refractivity (Wildman–Crippen MR) is 113 cm³/mol. The van der Waals surface area contributed by atoms with Crippen LogP contribution >= 0.6 is 22.6 Å². The van der Waals surface area contributed by atoms with Crippen LogP contribution in [0.2, 0.25) is 0 Å². The van der Waals surface area contributed by atoms with Gasteiger partial charge >= 0.3 is 0 Å². The molecule has 2 heterocycles. The Balaban J connectivity index is 2.08. The Kier molecular flexibility index (Phi) is 5.05. The molecule has 8 heteroatoms. The third-order valence-corrected chi connectivity index (χ3v) is 6.34. The molecule has 0 amide bonds. The average Bonchev–Trinajstić information content (AvgIpc) is 2.88. The summed E-state index contributed by atoms with van der Waals surface area (Å²) in [6, 6.07) is 10.3. The second-order valence-electron chi connectivity index (χ2n) is 5.63. The first-order valence-electron chi connectivity index (χ1n) is 7.67. The van der Waals surface area contributed by atoms with Gasteiger partial charge in [0.15, 0.2) is 0 Å². The highest BCUT2D eigenvalue weighted by Gasteiger charge is 2.20. The molecule has 0 fully saturated rings. The van der Waals surface area contributed by atoms with Gasteiger partial charge in [-0.05, 0) is 66.1 Å². The van der Waals surface area contributed by atoms with Crippen LogP contribution in [0.5, 0.6) is 0 Å². The van der Waals surface area contributed by atoms with Gasteiger partial charge in [-0.15, -0.1) is 0 Å². The fourth-order valence-electron chi connectivity index (χ4n) is 2.59. The maximum Gasteiger partial charge on any atom is 0.262 e. The molecule has 0 saturated heterocycles. The molecule has 0 aliphatic carbocycles. The van der Waals surface area contributed by atoms with E-state index in [1.165, 1.54) is 6.20 Å². The SMILES string of the molecule is C=C(NS(=O)(=O)c1ccc(C)cc1)n1c(/C=C\N)c(I)c2cccnc21. The summed E-state index contributed by atoms with van der Waals surface area (Å²) in [5.74, 6) is 0.172. The number of halogens is 1. The van der Waals surface area contributed by atoms with Gasteiger partial charge in [0.2, 0.25) is 0 Å². The van der Waals surface area contributed by atoms with Gasteiger partial charge in [-0.25, -0.2) is 13.4 Å². The smallest absolute Gasteiger partial charge is 0.262 e. The summed E-state index contributed by atoms with van der Waals surface area (Å²) < 4.78 is 30.5. The van der Waals surface area contributed by atoms with Gasteiger partial charge in [-0.1, -0.05) is 24.3 Å². The Morgan fingerprint density at radius 3 is 2.65 bits per heavy atom. The standard InChI is InChI=1S/C18H17IN4O2S/c1-12-5-7-14(8-6-12)26(24,25)22-13(2)23-16(9-10-20)17(19)15-4-3-11-21-18(15)23/h3-11,22H,2,20H2,1H3/b10-9-. The normalized spacial score (nSPS) is 11.9. The van der Waals surface area contributed by atoms with Crippen LogP contribution in [0.3, 0.4) is 0 Å². The molecule has 3 N–H and O–H groups in total. The second-order valence-corrected chi connectivity index (χ2v) is 8.39. The van der Waals surface area contributed by atoms with E-state index in [0.717, 1.165) is 14.5 Å². The van der Waals surface area contributed by atoms with Gasteiger partial charge in [0, 0.05) is 15.2 Å². The zero-order chi connectivity index (χ0) is 18.9. The molecule has 0 aliphatic rings. The van der Waals surface area contributed by atoms with Gasteiger partial charge in [0.25, 0.3) is 10.0 Å². The van der Waals surface area contributed by atoms with Crippen molar-refractivity contribution in [2.24, 2.45) is 5.73 Å². The molecule has 0 bridgehead atoms. The molecule has 134 valence electrons. The Morgan fingerprint density at radius 1 is 1.31 bits per heavy atom. The van der Waals surface area contributed by atoms with Gasteiger partial charge in [0.1, 0.15) is 11.5 Å². The highest BCUT2D eigenvalue weighted by molar-refractivity contribution is 14.1. The van der Waals surface area contributed by atoms with Crippen molar-refractivity contribution in [3.63, 3.8) is 0 Å². The number of aromatic nitrogens is 2. The molecule has 0 aliphatic heterocycles. The van der Waals surface area contributed by atoms with Gasteiger partial charge < -0.3 is 5.73 Å². The van der Waals surface area contributed by atoms with Gasteiger partial charge in [-0.2, -0.15) is 0 Å². The van der Waals surface area contributed by atoms with Crippen LogP contribution in [-0.4, -0.2) is 18.0 Å². The van der Waals surface area contributed by atoms with Gasteiger partial charge in [0.05, 0.1) is 10.6 Å². The molecule has 1 aromatic carbocycles. The molecule has 3 aromatic rings. The fourth-order valence-corrected chi connectivity index (χ4v) is 4.44. The Hall–Kier alpha value is -2.33. The number of rotatable bonds is 5. The van der Waals surface area contributed by atoms with Crippen LogP contribution in [0.15, 0.2) is 60.3 Å². The van der Waals surface area contributed by atoms with E-state index in [9.17, 15) is 8.42 Å². The number of sulfonamides is 1. The van der Waals surface area contributed by atoms with E-state index in [1.54, 1.807) is 41.1 Å². The summed E-state index contributed by atoms with van der Waals surface area (Å²) in [6.45, 7) is 5.81. The quantitative estimate of drug-likeness (QED) is 0.549. The van der Waals surface area contributed by atoms with Crippen molar-refractivity contribution in [2.45, 2.75) is 11.8 Å². The number of fused-ring (bicyclic) bond motifs is 1. The van der Waals surface area contributed by atoms with Crippen molar-refractivity contribution in [1.29, 1.82) is 0 Å². The molecular weight excluding hydrogens is 463 g/mol. The molecule has 0 radical (unpaired) electrons. The molecular formula is C18H17IN4O2S. The van der Waals surface area contributed by atoms with Crippen molar-refractivity contribution < 1.29 is 8.42 Å². The lowest BCUT2D eigenvalue weighted by Crippen LogP contribution is -2.25. The summed E-state index contributed by atoms with van der Waals surface area (Å²) in [5, 5.41) is 0.886. The molecule has 0 spiro atoms. The molecule has 6 nitrogen and oxygen atoms in total. The number of pyridine rings is 1. The van der Waals surface area contributed by atoms with E-state index in [0.29, 0.717) is 11.3 Å². The fraction of sp³-hybridized carbons (Fsp3) is 0.0556. The van der Waals surface area contributed by atoms with Crippen LogP contribution < -0.4 is 10.5 Å². The number of aryl methyl sites for hydroxylation is 1. The number of hydrogen-bond acceptors (Lipinski definition) is 4. The van der Waals surface area contributed by atoms with Gasteiger partial charge in [-0.3, -0.25) is 9.29 Å². The first kappa shape index (κ1) is 18.5. The molecule has 26 heavy (non-hydrogen) atoms. The lowest BCUT2D eigenvalue weighted by molar-refractivity contribution is 0.590. The van der Waals surface area contributed by atoms with Crippen LogP contribution in [-0.2, 0) is 10.0 Å². The van der Waals surface area contributed by atoms with Crippen LogP contribution in [0.4, 0.5) is 0 Å². The predicted octanol–water partition coefficient (Wildman–Crippen LogP) is 3.29. The highest BCUT2D eigenvalue weighted by atomic mass is 127. The van der Waals surface area contributed by atoms with Crippen molar-refractivity contribution in [3.8, 4) is 0 Å². The van der Waals surface area contributed by atoms with E-state index >= 15 is 0 Å². The third-order valence-electron chi connectivity index (χ3n) is 3.81. The summed E-state index contributed by atoms with van der Waals surface area (Å²) in [4.78, 5) is 4.53. The maximum atomic E-state index is 12.7. The van der Waals surface area contributed by atoms with E-state index in [4.69, 9.17) is 5.73 Å². The largest absolute Gasteiger partial charge is 0.405 e. The van der Waals surface area contributed by atoms with Crippen molar-refractivity contribution in [1.82, 2.24) is 14.3 Å². The summed E-state index contributed by atoms with van der Waals surface area (Å²) in [5.41, 5.74) is 7.85. The Bertz CT molecular complexity index is 1120. The number of hydrogen-bond donors (Lipinski definition) is 2. The lowest BCUT2D eigenvalue weighted by Gasteiger charge is -2.14. The summed E-state index contributed by atoms with van der Waals surface area (Å²) in [6.07, 6.45) is 4.73. The molecule has 3 rings (SSSR count).